The average molecular weight is 259 g/mol. The highest BCUT2D eigenvalue weighted by molar-refractivity contribution is 6.35. The van der Waals surface area contributed by atoms with Gasteiger partial charge in [0.1, 0.15) is 0 Å². The van der Waals surface area contributed by atoms with E-state index >= 15 is 0 Å². The lowest BCUT2D eigenvalue weighted by molar-refractivity contribution is -0.125. The summed E-state index contributed by atoms with van der Waals surface area (Å²) in [5.74, 6) is -0.740. The molecule has 1 aromatic carbocycles. The third-order valence-corrected chi connectivity index (χ3v) is 3.03. The van der Waals surface area contributed by atoms with Gasteiger partial charge < -0.3 is 4.74 Å². The minimum atomic E-state index is -0.737. The fourth-order valence-electron chi connectivity index (χ4n) is 1.64. The molecule has 0 spiro atoms. The Morgan fingerprint density at radius 2 is 2.12 bits per heavy atom. The van der Waals surface area contributed by atoms with Gasteiger partial charge in [-0.1, -0.05) is 23.2 Å². The first-order valence-electron chi connectivity index (χ1n) is 4.68. The van der Waals surface area contributed by atoms with Gasteiger partial charge in [0.25, 0.3) is 0 Å². The lowest BCUT2D eigenvalue weighted by Gasteiger charge is -2.23. The third kappa shape index (κ3) is 1.93. The van der Waals surface area contributed by atoms with Crippen molar-refractivity contribution in [1.29, 1.82) is 0 Å². The Kier molecular flexibility index (Phi) is 2.91. The number of rotatable bonds is 1. The second-order valence-electron chi connectivity index (χ2n) is 3.62. The number of Topliss-reactive ketones (excluding diaryl/α,β-unsaturated/α-hetero) is 1. The summed E-state index contributed by atoms with van der Waals surface area (Å²) >= 11 is 11.8. The van der Waals surface area contributed by atoms with Gasteiger partial charge >= 0.3 is 5.97 Å². The lowest BCUT2D eigenvalue weighted by atomic mass is 9.97. The molecule has 1 atom stereocenters. The van der Waals surface area contributed by atoms with Crippen LogP contribution in [0.25, 0.3) is 0 Å². The van der Waals surface area contributed by atoms with Crippen molar-refractivity contribution in [3.05, 3.63) is 33.3 Å². The Morgan fingerprint density at radius 1 is 1.44 bits per heavy atom. The predicted molar refractivity (Wildman–Crippen MR) is 60.1 cm³/mol. The van der Waals surface area contributed by atoms with Crippen LogP contribution in [0.2, 0.25) is 10.0 Å². The molecule has 0 aliphatic carbocycles. The SMILES string of the molecule is CC(=O)C1Cc2c(Cl)cc(Cl)cc2C(=O)O1. The van der Waals surface area contributed by atoms with Gasteiger partial charge in [-0.3, -0.25) is 4.79 Å². The normalized spacial score (nSPS) is 18.9. The Balaban J connectivity index is 2.50. The van der Waals surface area contributed by atoms with E-state index in [4.69, 9.17) is 27.9 Å². The summed E-state index contributed by atoms with van der Waals surface area (Å²) in [4.78, 5) is 22.8. The molecule has 0 N–H and O–H groups in total. The number of ether oxygens (including phenoxy) is 1. The largest absolute Gasteiger partial charge is 0.450 e. The van der Waals surface area contributed by atoms with E-state index in [0.29, 0.717) is 27.6 Å². The molecule has 0 aromatic heterocycles. The first kappa shape index (κ1) is 11.4. The van der Waals surface area contributed by atoms with Crippen molar-refractivity contribution in [2.45, 2.75) is 19.4 Å². The molecule has 0 radical (unpaired) electrons. The van der Waals surface area contributed by atoms with Crippen molar-refractivity contribution < 1.29 is 14.3 Å². The Morgan fingerprint density at radius 3 is 2.75 bits per heavy atom. The van der Waals surface area contributed by atoms with E-state index in [1.54, 1.807) is 6.07 Å². The van der Waals surface area contributed by atoms with E-state index in [1.165, 1.54) is 13.0 Å². The van der Waals surface area contributed by atoms with Gasteiger partial charge in [0.2, 0.25) is 0 Å². The van der Waals surface area contributed by atoms with Gasteiger partial charge in [-0.25, -0.2) is 4.79 Å². The molecule has 0 saturated heterocycles. The van der Waals surface area contributed by atoms with E-state index in [9.17, 15) is 9.59 Å². The number of benzene rings is 1. The number of cyclic esters (lactones) is 1. The third-order valence-electron chi connectivity index (χ3n) is 2.47. The van der Waals surface area contributed by atoms with Crippen molar-refractivity contribution in [3.8, 4) is 0 Å². The molecule has 1 aromatic rings. The van der Waals surface area contributed by atoms with Gasteiger partial charge in [-0.05, 0) is 24.6 Å². The number of esters is 1. The maximum atomic E-state index is 11.6. The number of halogens is 2. The summed E-state index contributed by atoms with van der Waals surface area (Å²) in [6, 6.07) is 3.05. The van der Waals surface area contributed by atoms with Crippen LogP contribution < -0.4 is 0 Å². The molecular weight excluding hydrogens is 251 g/mol. The Hall–Kier alpha value is -1.06. The van der Waals surface area contributed by atoms with Gasteiger partial charge in [-0.2, -0.15) is 0 Å². The minimum absolute atomic E-state index is 0.190. The number of carbonyl (C=O) groups is 2. The number of carbonyl (C=O) groups excluding carboxylic acids is 2. The van der Waals surface area contributed by atoms with Crippen molar-refractivity contribution in [1.82, 2.24) is 0 Å². The molecule has 0 saturated carbocycles. The topological polar surface area (TPSA) is 43.4 Å². The molecule has 5 heteroatoms. The Labute approximate surface area is 102 Å². The molecule has 2 rings (SSSR count). The van der Waals surface area contributed by atoms with E-state index in [1.807, 2.05) is 0 Å². The quantitative estimate of drug-likeness (QED) is 0.728. The Bertz CT molecular complexity index is 482. The van der Waals surface area contributed by atoms with E-state index in [-0.39, 0.29) is 5.78 Å². The highest BCUT2D eigenvalue weighted by Gasteiger charge is 2.30. The zero-order valence-corrected chi connectivity index (χ0v) is 9.93. The first-order valence-corrected chi connectivity index (χ1v) is 5.44. The number of hydrogen-bond donors (Lipinski definition) is 0. The second-order valence-corrected chi connectivity index (χ2v) is 4.47. The average Bonchev–Trinajstić information content (AvgIpc) is 2.19. The maximum Gasteiger partial charge on any atom is 0.339 e. The highest BCUT2D eigenvalue weighted by atomic mass is 35.5. The molecule has 1 unspecified atom stereocenters. The van der Waals surface area contributed by atoms with Crippen molar-refractivity contribution >= 4 is 35.0 Å². The molecule has 84 valence electrons. The van der Waals surface area contributed by atoms with Gasteiger partial charge in [-0.15, -0.1) is 0 Å². The molecule has 1 heterocycles. The van der Waals surface area contributed by atoms with Crippen LogP contribution >= 0.6 is 23.2 Å². The number of hydrogen-bond acceptors (Lipinski definition) is 3. The first-order chi connectivity index (χ1) is 7.49. The molecule has 1 aliphatic rings. The summed E-state index contributed by atoms with van der Waals surface area (Å²) in [7, 11) is 0. The van der Waals surface area contributed by atoms with E-state index in [2.05, 4.69) is 0 Å². The van der Waals surface area contributed by atoms with Crippen LogP contribution in [0.3, 0.4) is 0 Å². The van der Waals surface area contributed by atoms with Gasteiger partial charge in [0.05, 0.1) is 5.56 Å². The maximum absolute atomic E-state index is 11.6. The standard InChI is InChI=1S/C11H8Cl2O3/c1-5(14)10-4-7-8(11(15)16-10)2-6(12)3-9(7)13/h2-3,10H,4H2,1H3. The predicted octanol–water partition coefficient (Wildman–Crippen LogP) is 2.66. The molecule has 1 aliphatic heterocycles. The summed E-state index contributed by atoms with van der Waals surface area (Å²) in [5, 5.41) is 0.771. The van der Waals surface area contributed by atoms with Gasteiger partial charge in [0, 0.05) is 16.5 Å². The zero-order valence-electron chi connectivity index (χ0n) is 8.42. The summed E-state index contributed by atoms with van der Waals surface area (Å²) in [5.41, 5.74) is 0.970. The number of ketones is 1. The number of fused-ring (bicyclic) bond motifs is 1. The minimum Gasteiger partial charge on any atom is -0.450 e. The highest BCUT2D eigenvalue weighted by Crippen LogP contribution is 2.30. The van der Waals surface area contributed by atoms with Crippen LogP contribution in [0.4, 0.5) is 0 Å². The summed E-state index contributed by atoms with van der Waals surface area (Å²) in [6.45, 7) is 1.38. The molecule has 3 nitrogen and oxygen atoms in total. The molecule has 0 amide bonds. The fraction of sp³-hybridized carbons (Fsp3) is 0.273. The van der Waals surface area contributed by atoms with Crippen LogP contribution in [0.5, 0.6) is 0 Å². The van der Waals surface area contributed by atoms with Crippen LogP contribution in [-0.2, 0) is 16.0 Å². The molecule has 16 heavy (non-hydrogen) atoms. The fourth-order valence-corrected chi connectivity index (χ4v) is 2.21. The van der Waals surface area contributed by atoms with E-state index < -0.39 is 12.1 Å². The van der Waals surface area contributed by atoms with Crippen molar-refractivity contribution in [2.24, 2.45) is 0 Å². The monoisotopic (exact) mass is 258 g/mol. The summed E-state index contributed by atoms with van der Waals surface area (Å²) in [6.07, 6.45) is -0.425. The van der Waals surface area contributed by atoms with Gasteiger partial charge in [0.15, 0.2) is 11.9 Å². The van der Waals surface area contributed by atoms with E-state index in [0.717, 1.165) is 0 Å². The van der Waals surface area contributed by atoms with Crippen LogP contribution in [0.1, 0.15) is 22.8 Å². The lowest BCUT2D eigenvalue weighted by Crippen LogP contribution is -2.33. The zero-order chi connectivity index (χ0) is 11.9. The van der Waals surface area contributed by atoms with Crippen LogP contribution in [0.15, 0.2) is 12.1 Å². The molecular formula is C11H8Cl2O3. The second kappa shape index (κ2) is 4.07. The van der Waals surface area contributed by atoms with Crippen molar-refractivity contribution in [2.75, 3.05) is 0 Å². The molecule has 0 fully saturated rings. The van der Waals surface area contributed by atoms with Crippen LogP contribution in [0, 0.1) is 0 Å². The molecule has 0 bridgehead atoms. The van der Waals surface area contributed by atoms with Crippen molar-refractivity contribution in [3.63, 3.8) is 0 Å². The smallest absolute Gasteiger partial charge is 0.339 e. The van der Waals surface area contributed by atoms with Crippen LogP contribution in [-0.4, -0.2) is 17.9 Å². The summed E-state index contributed by atoms with van der Waals surface area (Å²) < 4.78 is 4.98.